The van der Waals surface area contributed by atoms with Crippen molar-refractivity contribution in [1.82, 2.24) is 9.88 Å². The van der Waals surface area contributed by atoms with E-state index in [-0.39, 0.29) is 18.3 Å². The van der Waals surface area contributed by atoms with E-state index in [0.29, 0.717) is 13.2 Å². The summed E-state index contributed by atoms with van der Waals surface area (Å²) in [5.41, 5.74) is 1.80. The molecule has 0 spiro atoms. The lowest BCUT2D eigenvalue weighted by molar-refractivity contribution is -0.125. The van der Waals surface area contributed by atoms with Crippen molar-refractivity contribution < 1.29 is 18.7 Å². The molecular weight excluding hydrogens is 403 g/mol. The number of benzene rings is 2. The van der Waals surface area contributed by atoms with Gasteiger partial charge < -0.3 is 14.4 Å². The van der Waals surface area contributed by atoms with E-state index in [4.69, 9.17) is 9.47 Å². The second kappa shape index (κ2) is 10.5. The maximum absolute atomic E-state index is 13.5. The number of hydrogen-bond donors (Lipinski definition) is 0. The monoisotopic (exact) mass is 426 g/mol. The standard InChI is InChI=1S/C23H23FN2O3S/c1-17-25-19(16-30-17)15-29-20-10-7-18(8-11-20)9-12-23(27)26(2)13-14-28-22-6-4-3-5-21(22)24/h3-12,16H,13-15H2,1-2H3/b12-9+. The van der Waals surface area contributed by atoms with Crippen molar-refractivity contribution in [3.8, 4) is 11.5 Å². The quantitative estimate of drug-likeness (QED) is 0.465. The third-order valence-corrected chi connectivity index (χ3v) is 5.07. The minimum absolute atomic E-state index is 0.161. The van der Waals surface area contributed by atoms with Gasteiger partial charge in [0.15, 0.2) is 11.6 Å². The summed E-state index contributed by atoms with van der Waals surface area (Å²) in [5.74, 6) is 0.347. The fourth-order valence-electron chi connectivity index (χ4n) is 2.57. The Kier molecular flexibility index (Phi) is 7.57. The molecule has 0 unspecified atom stereocenters. The molecule has 0 N–H and O–H groups in total. The van der Waals surface area contributed by atoms with Gasteiger partial charge in [-0.05, 0) is 42.8 Å². The van der Waals surface area contributed by atoms with E-state index < -0.39 is 5.82 Å². The second-order valence-electron chi connectivity index (χ2n) is 6.59. The van der Waals surface area contributed by atoms with E-state index in [1.807, 2.05) is 36.6 Å². The highest BCUT2D eigenvalue weighted by atomic mass is 32.1. The number of aryl methyl sites for hydroxylation is 1. The molecule has 0 saturated carbocycles. The zero-order valence-corrected chi connectivity index (χ0v) is 17.7. The molecule has 0 bridgehead atoms. The van der Waals surface area contributed by atoms with Crippen LogP contribution in [0.1, 0.15) is 16.3 Å². The van der Waals surface area contributed by atoms with E-state index in [2.05, 4.69) is 4.98 Å². The van der Waals surface area contributed by atoms with Gasteiger partial charge in [-0.1, -0.05) is 24.3 Å². The Morgan fingerprint density at radius 3 is 2.63 bits per heavy atom. The van der Waals surface area contributed by atoms with E-state index in [1.54, 1.807) is 42.7 Å². The minimum Gasteiger partial charge on any atom is -0.489 e. The van der Waals surface area contributed by atoms with Gasteiger partial charge in [-0.2, -0.15) is 0 Å². The fourth-order valence-corrected chi connectivity index (χ4v) is 3.16. The van der Waals surface area contributed by atoms with Crippen LogP contribution in [0.3, 0.4) is 0 Å². The first-order valence-corrected chi connectivity index (χ1v) is 10.3. The van der Waals surface area contributed by atoms with Crippen LogP contribution in [0.2, 0.25) is 0 Å². The molecule has 3 aromatic rings. The summed E-state index contributed by atoms with van der Waals surface area (Å²) in [6.45, 7) is 2.95. The Labute approximate surface area is 179 Å². The molecule has 0 radical (unpaired) electrons. The maximum atomic E-state index is 13.5. The Balaban J connectivity index is 1.43. The molecule has 3 rings (SSSR count). The highest BCUT2D eigenvalue weighted by Gasteiger charge is 2.07. The van der Waals surface area contributed by atoms with Crippen LogP contribution < -0.4 is 9.47 Å². The predicted molar refractivity (Wildman–Crippen MR) is 116 cm³/mol. The average Bonchev–Trinajstić information content (AvgIpc) is 3.17. The molecule has 5 nitrogen and oxygen atoms in total. The highest BCUT2D eigenvalue weighted by Crippen LogP contribution is 2.17. The van der Waals surface area contributed by atoms with Crippen molar-refractivity contribution in [2.45, 2.75) is 13.5 Å². The van der Waals surface area contributed by atoms with Gasteiger partial charge in [0.1, 0.15) is 19.0 Å². The SMILES string of the molecule is Cc1nc(COc2ccc(/C=C/C(=O)N(C)CCOc3ccccc3F)cc2)cs1. The van der Waals surface area contributed by atoms with Gasteiger partial charge in [0, 0.05) is 18.5 Å². The minimum atomic E-state index is -0.416. The maximum Gasteiger partial charge on any atom is 0.246 e. The first-order valence-electron chi connectivity index (χ1n) is 9.45. The lowest BCUT2D eigenvalue weighted by Gasteiger charge is -2.15. The number of halogens is 1. The highest BCUT2D eigenvalue weighted by molar-refractivity contribution is 7.09. The van der Waals surface area contributed by atoms with Crippen LogP contribution in [0.4, 0.5) is 4.39 Å². The lowest BCUT2D eigenvalue weighted by atomic mass is 10.2. The van der Waals surface area contributed by atoms with Gasteiger partial charge in [-0.25, -0.2) is 9.37 Å². The summed E-state index contributed by atoms with van der Waals surface area (Å²) in [6.07, 6.45) is 3.24. The summed E-state index contributed by atoms with van der Waals surface area (Å²) in [7, 11) is 1.68. The molecule has 0 saturated heterocycles. The smallest absolute Gasteiger partial charge is 0.246 e. The summed E-state index contributed by atoms with van der Waals surface area (Å²) >= 11 is 1.60. The van der Waals surface area contributed by atoms with E-state index in [1.165, 1.54) is 17.0 Å². The summed E-state index contributed by atoms with van der Waals surface area (Å²) in [6, 6.07) is 13.7. The first-order chi connectivity index (χ1) is 14.5. The van der Waals surface area contributed by atoms with Crippen molar-refractivity contribution in [1.29, 1.82) is 0 Å². The van der Waals surface area contributed by atoms with Gasteiger partial charge in [-0.15, -0.1) is 11.3 Å². The van der Waals surface area contributed by atoms with Gasteiger partial charge in [-0.3, -0.25) is 4.79 Å². The summed E-state index contributed by atoms with van der Waals surface area (Å²) in [5, 5.41) is 3.00. The van der Waals surface area contributed by atoms with Crippen LogP contribution in [0.5, 0.6) is 11.5 Å². The fraction of sp³-hybridized carbons (Fsp3) is 0.217. The zero-order valence-electron chi connectivity index (χ0n) is 16.9. The molecule has 0 atom stereocenters. The van der Waals surface area contributed by atoms with Crippen LogP contribution in [-0.2, 0) is 11.4 Å². The van der Waals surface area contributed by atoms with Gasteiger partial charge in [0.05, 0.1) is 17.2 Å². The summed E-state index contributed by atoms with van der Waals surface area (Å²) < 4.78 is 24.6. The van der Waals surface area contributed by atoms with Crippen LogP contribution >= 0.6 is 11.3 Å². The number of ether oxygens (including phenoxy) is 2. The molecule has 7 heteroatoms. The third-order valence-electron chi connectivity index (χ3n) is 4.25. The number of nitrogens with zero attached hydrogens (tertiary/aromatic N) is 2. The van der Waals surface area contributed by atoms with E-state index in [0.717, 1.165) is 22.0 Å². The second-order valence-corrected chi connectivity index (χ2v) is 7.65. The molecule has 1 heterocycles. The molecule has 0 aliphatic rings. The Bertz CT molecular complexity index is 1000. The van der Waals surface area contributed by atoms with Crippen molar-refractivity contribution in [3.05, 3.63) is 82.1 Å². The molecule has 30 heavy (non-hydrogen) atoms. The molecule has 1 aromatic heterocycles. The molecule has 0 fully saturated rings. The number of thiazole rings is 1. The van der Waals surface area contributed by atoms with Crippen molar-refractivity contribution >= 4 is 23.3 Å². The van der Waals surface area contributed by atoms with Crippen molar-refractivity contribution in [3.63, 3.8) is 0 Å². The molecular formula is C23H23FN2O3S. The molecule has 156 valence electrons. The van der Waals surface area contributed by atoms with E-state index in [9.17, 15) is 9.18 Å². The van der Waals surface area contributed by atoms with Gasteiger partial charge >= 0.3 is 0 Å². The number of rotatable bonds is 9. The van der Waals surface area contributed by atoms with Crippen LogP contribution in [0, 0.1) is 12.7 Å². The molecule has 2 aromatic carbocycles. The number of likely N-dealkylation sites (N-methyl/N-ethyl adjacent to an activating group) is 1. The predicted octanol–water partition coefficient (Wildman–Crippen LogP) is 4.72. The van der Waals surface area contributed by atoms with Crippen molar-refractivity contribution in [2.75, 3.05) is 20.2 Å². The van der Waals surface area contributed by atoms with Crippen LogP contribution in [0.15, 0.2) is 60.0 Å². The topological polar surface area (TPSA) is 51.7 Å². The largest absolute Gasteiger partial charge is 0.489 e. The number of carbonyl (C=O) groups is 1. The zero-order chi connectivity index (χ0) is 21.3. The van der Waals surface area contributed by atoms with Crippen LogP contribution in [-0.4, -0.2) is 36.0 Å². The first kappa shape index (κ1) is 21.5. The van der Waals surface area contributed by atoms with Gasteiger partial charge in [0.2, 0.25) is 5.91 Å². The lowest BCUT2D eigenvalue weighted by Crippen LogP contribution is -2.29. The molecule has 0 aliphatic carbocycles. The number of aromatic nitrogens is 1. The van der Waals surface area contributed by atoms with E-state index >= 15 is 0 Å². The Hall–Kier alpha value is -3.19. The molecule has 1 amide bonds. The van der Waals surface area contributed by atoms with Crippen LogP contribution in [0.25, 0.3) is 6.08 Å². The molecule has 0 aliphatic heterocycles. The number of amides is 1. The van der Waals surface area contributed by atoms with Crippen molar-refractivity contribution in [2.24, 2.45) is 0 Å². The Morgan fingerprint density at radius 2 is 1.93 bits per heavy atom. The third kappa shape index (κ3) is 6.42. The number of hydrogen-bond acceptors (Lipinski definition) is 5. The Morgan fingerprint density at radius 1 is 1.17 bits per heavy atom. The normalized spacial score (nSPS) is 10.9. The number of para-hydroxylation sites is 1. The average molecular weight is 427 g/mol. The number of carbonyl (C=O) groups excluding carboxylic acids is 1. The summed E-state index contributed by atoms with van der Waals surface area (Å²) in [4.78, 5) is 18.1. The van der Waals surface area contributed by atoms with Gasteiger partial charge in [0.25, 0.3) is 0 Å².